The lowest BCUT2D eigenvalue weighted by molar-refractivity contribution is -0.118. The number of benzene rings is 1. The third-order valence-corrected chi connectivity index (χ3v) is 2.66. The van der Waals surface area contributed by atoms with Gasteiger partial charge in [0.05, 0.1) is 0 Å². The normalized spacial score (nSPS) is 12.5. The van der Waals surface area contributed by atoms with Gasteiger partial charge in [0.15, 0.2) is 0 Å². The summed E-state index contributed by atoms with van der Waals surface area (Å²) in [4.78, 5) is 10.7. The Morgan fingerprint density at radius 1 is 1.57 bits per heavy atom. The Balaban J connectivity index is 2.90. The number of halogens is 1. The van der Waals surface area contributed by atoms with Gasteiger partial charge in [-0.05, 0) is 24.1 Å². The number of carbonyl (C=O) groups is 1. The molecule has 14 heavy (non-hydrogen) atoms. The van der Waals surface area contributed by atoms with Crippen molar-refractivity contribution < 1.29 is 4.79 Å². The van der Waals surface area contributed by atoms with Crippen LogP contribution >= 0.6 is 15.9 Å². The van der Waals surface area contributed by atoms with Gasteiger partial charge in [-0.1, -0.05) is 28.1 Å². The number of amides is 1. The second-order valence-electron chi connectivity index (χ2n) is 3.30. The average Bonchev–Trinajstić information content (AvgIpc) is 2.01. The zero-order valence-corrected chi connectivity index (χ0v) is 9.54. The molecule has 0 saturated heterocycles. The number of primary amides is 1. The van der Waals surface area contributed by atoms with Gasteiger partial charge < -0.3 is 11.5 Å². The lowest BCUT2D eigenvalue weighted by Gasteiger charge is -2.12. The van der Waals surface area contributed by atoms with Gasteiger partial charge in [0.2, 0.25) is 5.91 Å². The van der Waals surface area contributed by atoms with Crippen LogP contribution in [0.2, 0.25) is 0 Å². The average molecular weight is 257 g/mol. The van der Waals surface area contributed by atoms with Gasteiger partial charge in [0, 0.05) is 16.9 Å². The highest BCUT2D eigenvalue weighted by Gasteiger charge is 2.12. The summed E-state index contributed by atoms with van der Waals surface area (Å²) >= 11 is 3.41. The Morgan fingerprint density at radius 2 is 2.21 bits per heavy atom. The molecule has 1 aromatic carbocycles. The molecule has 4 heteroatoms. The molecule has 0 aromatic heterocycles. The number of hydrogen-bond donors (Lipinski definition) is 2. The zero-order chi connectivity index (χ0) is 10.7. The minimum absolute atomic E-state index is 0.168. The van der Waals surface area contributed by atoms with E-state index in [-0.39, 0.29) is 18.4 Å². The molecule has 1 atom stereocenters. The van der Waals surface area contributed by atoms with Gasteiger partial charge >= 0.3 is 0 Å². The van der Waals surface area contributed by atoms with Gasteiger partial charge in [-0.15, -0.1) is 0 Å². The van der Waals surface area contributed by atoms with E-state index in [0.717, 1.165) is 15.6 Å². The van der Waals surface area contributed by atoms with Crippen LogP contribution in [0.1, 0.15) is 23.6 Å². The van der Waals surface area contributed by atoms with Gasteiger partial charge in [0.1, 0.15) is 0 Å². The highest BCUT2D eigenvalue weighted by molar-refractivity contribution is 9.10. The van der Waals surface area contributed by atoms with Gasteiger partial charge in [-0.25, -0.2) is 0 Å². The van der Waals surface area contributed by atoms with Crippen LogP contribution in [0, 0.1) is 6.92 Å². The SMILES string of the molecule is Cc1ccc(C(N)CC(N)=O)c(Br)c1. The number of rotatable bonds is 3. The van der Waals surface area contributed by atoms with Crippen molar-refractivity contribution in [1.29, 1.82) is 0 Å². The summed E-state index contributed by atoms with van der Waals surface area (Å²) in [7, 11) is 0. The Morgan fingerprint density at radius 3 is 2.71 bits per heavy atom. The van der Waals surface area contributed by atoms with Crippen molar-refractivity contribution in [3.8, 4) is 0 Å². The van der Waals surface area contributed by atoms with Crippen LogP contribution in [0.3, 0.4) is 0 Å². The van der Waals surface area contributed by atoms with Crippen molar-refractivity contribution in [2.24, 2.45) is 11.5 Å². The summed E-state index contributed by atoms with van der Waals surface area (Å²) in [5.41, 5.74) is 12.9. The molecule has 0 aliphatic heterocycles. The predicted molar refractivity (Wildman–Crippen MR) is 59.6 cm³/mol. The largest absolute Gasteiger partial charge is 0.370 e. The Bertz CT molecular complexity index is 352. The van der Waals surface area contributed by atoms with E-state index in [1.165, 1.54) is 0 Å². The number of carbonyl (C=O) groups excluding carboxylic acids is 1. The van der Waals surface area contributed by atoms with E-state index in [4.69, 9.17) is 11.5 Å². The Labute approximate surface area is 91.6 Å². The highest BCUT2D eigenvalue weighted by Crippen LogP contribution is 2.24. The molecule has 1 rings (SSSR count). The van der Waals surface area contributed by atoms with Crippen molar-refractivity contribution in [3.63, 3.8) is 0 Å². The maximum absolute atomic E-state index is 10.7. The third-order valence-electron chi connectivity index (χ3n) is 1.98. The first kappa shape index (κ1) is 11.2. The van der Waals surface area contributed by atoms with Crippen LogP contribution in [0.5, 0.6) is 0 Å². The molecular weight excluding hydrogens is 244 g/mol. The Hall–Kier alpha value is -0.870. The third kappa shape index (κ3) is 2.82. The number of nitrogens with two attached hydrogens (primary N) is 2. The molecule has 0 aliphatic carbocycles. The van der Waals surface area contributed by atoms with E-state index in [0.29, 0.717) is 0 Å². The molecule has 0 heterocycles. The Kier molecular flexibility index (Phi) is 3.66. The lowest BCUT2D eigenvalue weighted by Crippen LogP contribution is -2.20. The molecule has 0 saturated carbocycles. The van der Waals surface area contributed by atoms with Crippen LogP contribution in [0.25, 0.3) is 0 Å². The molecule has 0 radical (unpaired) electrons. The fraction of sp³-hybridized carbons (Fsp3) is 0.300. The summed E-state index contributed by atoms with van der Waals surface area (Å²) in [6.45, 7) is 1.99. The first-order valence-electron chi connectivity index (χ1n) is 4.30. The van der Waals surface area contributed by atoms with Crippen molar-refractivity contribution in [1.82, 2.24) is 0 Å². The zero-order valence-electron chi connectivity index (χ0n) is 7.96. The minimum atomic E-state index is -0.384. The monoisotopic (exact) mass is 256 g/mol. The summed E-state index contributed by atoms with van der Waals surface area (Å²) in [6, 6.07) is 5.51. The van der Waals surface area contributed by atoms with E-state index in [1.807, 2.05) is 25.1 Å². The molecule has 0 fully saturated rings. The molecular formula is C10H13BrN2O. The fourth-order valence-corrected chi connectivity index (χ4v) is 2.05. The van der Waals surface area contributed by atoms with Crippen LogP contribution < -0.4 is 11.5 Å². The van der Waals surface area contributed by atoms with Crippen LogP contribution in [0.4, 0.5) is 0 Å². The van der Waals surface area contributed by atoms with E-state index >= 15 is 0 Å². The summed E-state index contributed by atoms with van der Waals surface area (Å²) in [6.07, 6.45) is 0.168. The van der Waals surface area contributed by atoms with Gasteiger partial charge in [0.25, 0.3) is 0 Å². The summed E-state index contributed by atoms with van der Waals surface area (Å²) in [5, 5.41) is 0. The van der Waals surface area contributed by atoms with Gasteiger partial charge in [-0.2, -0.15) is 0 Å². The maximum atomic E-state index is 10.7. The molecule has 1 aromatic rings. The van der Waals surface area contributed by atoms with E-state index in [1.54, 1.807) is 0 Å². The van der Waals surface area contributed by atoms with Crippen molar-refractivity contribution in [2.45, 2.75) is 19.4 Å². The number of hydrogen-bond acceptors (Lipinski definition) is 2. The lowest BCUT2D eigenvalue weighted by atomic mass is 10.0. The molecule has 76 valence electrons. The summed E-state index contributed by atoms with van der Waals surface area (Å²) < 4.78 is 0.922. The minimum Gasteiger partial charge on any atom is -0.370 e. The molecule has 1 amide bonds. The van der Waals surface area contributed by atoms with E-state index in [2.05, 4.69) is 15.9 Å². The highest BCUT2D eigenvalue weighted by atomic mass is 79.9. The molecule has 1 unspecified atom stereocenters. The standard InChI is InChI=1S/C10H13BrN2O/c1-6-2-3-7(8(11)4-6)9(12)5-10(13)14/h2-4,9H,5,12H2,1H3,(H2,13,14). The summed E-state index contributed by atoms with van der Waals surface area (Å²) in [5.74, 6) is -0.384. The second kappa shape index (κ2) is 4.57. The smallest absolute Gasteiger partial charge is 0.219 e. The molecule has 0 spiro atoms. The van der Waals surface area contributed by atoms with Crippen LogP contribution in [0.15, 0.2) is 22.7 Å². The van der Waals surface area contributed by atoms with Crippen LogP contribution in [-0.4, -0.2) is 5.91 Å². The molecule has 3 nitrogen and oxygen atoms in total. The molecule has 4 N–H and O–H groups in total. The van der Waals surface area contributed by atoms with Crippen molar-refractivity contribution in [3.05, 3.63) is 33.8 Å². The number of aryl methyl sites for hydroxylation is 1. The first-order valence-corrected chi connectivity index (χ1v) is 5.10. The van der Waals surface area contributed by atoms with Crippen molar-refractivity contribution >= 4 is 21.8 Å². The molecule has 0 aliphatic rings. The maximum Gasteiger partial charge on any atom is 0.219 e. The van der Waals surface area contributed by atoms with Crippen molar-refractivity contribution in [2.75, 3.05) is 0 Å². The first-order chi connectivity index (χ1) is 6.50. The van der Waals surface area contributed by atoms with Crippen LogP contribution in [-0.2, 0) is 4.79 Å². The predicted octanol–water partition coefficient (Wildman–Crippen LogP) is 1.63. The second-order valence-corrected chi connectivity index (χ2v) is 4.16. The molecule has 0 bridgehead atoms. The van der Waals surface area contributed by atoms with E-state index in [9.17, 15) is 4.79 Å². The fourth-order valence-electron chi connectivity index (χ4n) is 1.26. The quantitative estimate of drug-likeness (QED) is 0.864. The van der Waals surface area contributed by atoms with Gasteiger partial charge in [-0.3, -0.25) is 4.79 Å². The topological polar surface area (TPSA) is 69.1 Å². The van der Waals surface area contributed by atoms with E-state index < -0.39 is 0 Å².